The van der Waals surface area contributed by atoms with Crippen LogP contribution in [0, 0.1) is 0 Å². The zero-order valence-corrected chi connectivity index (χ0v) is 9.81. The van der Waals surface area contributed by atoms with Crippen LogP contribution in [-0.4, -0.2) is 34.9 Å². The molecule has 0 fully saturated rings. The number of amides is 1. The third kappa shape index (κ3) is 2.48. The Hall–Kier alpha value is -1.39. The summed E-state index contributed by atoms with van der Waals surface area (Å²) in [5.74, 6) is -0.196. The van der Waals surface area contributed by atoms with Crippen LogP contribution in [0.15, 0.2) is 24.3 Å². The zero-order valence-electron chi connectivity index (χ0n) is 9.81. The molecule has 1 aliphatic carbocycles. The maximum atomic E-state index is 11.8. The van der Waals surface area contributed by atoms with E-state index in [1.165, 1.54) is 12.5 Å². The van der Waals surface area contributed by atoms with Gasteiger partial charge >= 0.3 is 0 Å². The molecule has 0 heterocycles. The Balaban J connectivity index is 1.92. The number of hydrogen-bond donors (Lipinski definition) is 3. The maximum absolute atomic E-state index is 11.8. The monoisotopic (exact) mass is 235 g/mol. The predicted octanol–water partition coefficient (Wildman–Crippen LogP) is 0.186. The lowest BCUT2D eigenvalue weighted by molar-refractivity contribution is -0.124. The van der Waals surface area contributed by atoms with E-state index in [0.717, 1.165) is 12.0 Å². The van der Waals surface area contributed by atoms with Crippen LogP contribution in [0.1, 0.15) is 24.0 Å². The van der Waals surface area contributed by atoms with Crippen molar-refractivity contribution in [2.75, 3.05) is 13.2 Å². The van der Waals surface area contributed by atoms with E-state index in [2.05, 4.69) is 5.32 Å². The molecular formula is C13H17NO3. The first-order valence-corrected chi connectivity index (χ1v) is 5.72. The van der Waals surface area contributed by atoms with Crippen molar-refractivity contribution in [2.45, 2.75) is 24.9 Å². The highest BCUT2D eigenvalue weighted by atomic mass is 16.3. The number of fused-ring (bicyclic) bond motifs is 1. The molecular weight excluding hydrogens is 218 g/mol. The molecule has 0 saturated heterocycles. The van der Waals surface area contributed by atoms with Crippen molar-refractivity contribution in [2.24, 2.45) is 0 Å². The van der Waals surface area contributed by atoms with Crippen molar-refractivity contribution in [1.82, 2.24) is 5.32 Å². The summed E-state index contributed by atoms with van der Waals surface area (Å²) in [4.78, 5) is 11.8. The van der Waals surface area contributed by atoms with E-state index < -0.39 is 5.60 Å². The van der Waals surface area contributed by atoms with Crippen molar-refractivity contribution < 1.29 is 15.0 Å². The highest BCUT2D eigenvalue weighted by Crippen LogP contribution is 2.34. The topological polar surface area (TPSA) is 69.6 Å². The lowest BCUT2D eigenvalue weighted by atomic mass is 9.77. The average Bonchev–Trinajstić information content (AvgIpc) is 2.28. The van der Waals surface area contributed by atoms with Crippen LogP contribution < -0.4 is 5.32 Å². The summed E-state index contributed by atoms with van der Waals surface area (Å²) in [5.41, 5.74) is 1.02. The summed E-state index contributed by atoms with van der Waals surface area (Å²) in [6.07, 6.45) is 0.753. The molecule has 17 heavy (non-hydrogen) atoms. The molecule has 2 unspecified atom stereocenters. The molecule has 2 rings (SSSR count). The van der Waals surface area contributed by atoms with Crippen LogP contribution in [0.25, 0.3) is 0 Å². The largest absolute Gasteiger partial charge is 0.393 e. The molecule has 0 aliphatic heterocycles. The normalized spacial score (nSPS) is 21.0. The van der Waals surface area contributed by atoms with E-state index in [1.807, 2.05) is 24.3 Å². The smallest absolute Gasteiger partial charge is 0.227 e. The molecule has 0 radical (unpaired) electrons. The number of hydrogen-bond acceptors (Lipinski definition) is 3. The summed E-state index contributed by atoms with van der Waals surface area (Å²) >= 11 is 0. The number of aliphatic hydroxyl groups excluding tert-OH is 1. The van der Waals surface area contributed by atoms with E-state index in [4.69, 9.17) is 5.11 Å². The van der Waals surface area contributed by atoms with Crippen molar-refractivity contribution in [3.63, 3.8) is 0 Å². The number of benzene rings is 1. The van der Waals surface area contributed by atoms with Crippen LogP contribution in [-0.2, 0) is 11.2 Å². The minimum atomic E-state index is -1.25. The SMILES string of the molecule is CC(O)(CO)CNC(=O)C1Cc2ccccc21. The van der Waals surface area contributed by atoms with Gasteiger partial charge in [-0.05, 0) is 24.5 Å². The minimum absolute atomic E-state index is 0.0704. The van der Waals surface area contributed by atoms with E-state index in [9.17, 15) is 9.90 Å². The molecule has 92 valence electrons. The van der Waals surface area contributed by atoms with Crippen molar-refractivity contribution in [1.29, 1.82) is 0 Å². The van der Waals surface area contributed by atoms with Gasteiger partial charge in [0.25, 0.3) is 0 Å². The number of aliphatic hydroxyl groups is 2. The first-order valence-electron chi connectivity index (χ1n) is 5.72. The fourth-order valence-electron chi connectivity index (χ4n) is 1.95. The third-order valence-electron chi connectivity index (χ3n) is 3.16. The van der Waals surface area contributed by atoms with Gasteiger partial charge in [-0.3, -0.25) is 4.79 Å². The van der Waals surface area contributed by atoms with Crippen molar-refractivity contribution >= 4 is 5.91 Å². The Morgan fingerprint density at radius 2 is 2.24 bits per heavy atom. The number of carbonyl (C=O) groups excluding carboxylic acids is 1. The molecule has 1 amide bonds. The Morgan fingerprint density at radius 3 is 2.88 bits per heavy atom. The lowest BCUT2D eigenvalue weighted by Gasteiger charge is -2.30. The van der Waals surface area contributed by atoms with Gasteiger partial charge in [0, 0.05) is 6.54 Å². The van der Waals surface area contributed by atoms with Gasteiger partial charge in [-0.15, -0.1) is 0 Å². The zero-order chi connectivity index (χ0) is 12.5. The quantitative estimate of drug-likeness (QED) is 0.697. The fourth-order valence-corrected chi connectivity index (χ4v) is 1.95. The summed E-state index contributed by atoms with van der Waals surface area (Å²) in [5, 5.41) is 21.1. The van der Waals surface area contributed by atoms with Gasteiger partial charge in [-0.25, -0.2) is 0 Å². The second-order valence-corrected chi connectivity index (χ2v) is 4.83. The number of carbonyl (C=O) groups is 1. The first-order chi connectivity index (χ1) is 8.03. The van der Waals surface area contributed by atoms with Gasteiger partial charge in [-0.1, -0.05) is 24.3 Å². The third-order valence-corrected chi connectivity index (χ3v) is 3.16. The Labute approximate surface area is 100 Å². The molecule has 0 spiro atoms. The Kier molecular flexibility index (Phi) is 3.17. The summed E-state index contributed by atoms with van der Waals surface area (Å²) in [6.45, 7) is 1.19. The molecule has 1 aromatic rings. The van der Waals surface area contributed by atoms with E-state index in [1.54, 1.807) is 0 Å². The van der Waals surface area contributed by atoms with Crippen LogP contribution in [0.2, 0.25) is 0 Å². The molecule has 0 bridgehead atoms. The van der Waals surface area contributed by atoms with Gasteiger partial charge in [0.15, 0.2) is 0 Å². The van der Waals surface area contributed by atoms with E-state index in [0.29, 0.717) is 0 Å². The Bertz CT molecular complexity index is 428. The number of rotatable bonds is 4. The number of nitrogens with one attached hydrogen (secondary N) is 1. The highest BCUT2D eigenvalue weighted by molar-refractivity contribution is 5.86. The second-order valence-electron chi connectivity index (χ2n) is 4.83. The maximum Gasteiger partial charge on any atom is 0.227 e. The summed E-state index contributed by atoms with van der Waals surface area (Å²) in [6, 6.07) is 7.85. The molecule has 4 heteroatoms. The molecule has 1 aromatic carbocycles. The average molecular weight is 235 g/mol. The predicted molar refractivity (Wildman–Crippen MR) is 63.6 cm³/mol. The van der Waals surface area contributed by atoms with Crippen molar-refractivity contribution in [3.05, 3.63) is 35.4 Å². The van der Waals surface area contributed by atoms with Crippen LogP contribution in [0.4, 0.5) is 0 Å². The first kappa shape index (κ1) is 12.1. The standard InChI is InChI=1S/C13H17NO3/c1-13(17,8-15)7-14-12(16)11-6-9-4-2-3-5-10(9)11/h2-5,11,15,17H,6-8H2,1H3,(H,14,16). The van der Waals surface area contributed by atoms with Crippen molar-refractivity contribution in [3.8, 4) is 0 Å². The molecule has 1 aliphatic rings. The van der Waals surface area contributed by atoms with Gasteiger partial charge in [0.05, 0.1) is 12.5 Å². The van der Waals surface area contributed by atoms with E-state index >= 15 is 0 Å². The van der Waals surface area contributed by atoms with Gasteiger partial charge in [0.2, 0.25) is 5.91 Å². The van der Waals surface area contributed by atoms with Crippen LogP contribution >= 0.6 is 0 Å². The van der Waals surface area contributed by atoms with Gasteiger partial charge in [-0.2, -0.15) is 0 Å². The molecule has 3 N–H and O–H groups in total. The minimum Gasteiger partial charge on any atom is -0.393 e. The van der Waals surface area contributed by atoms with Crippen LogP contribution in [0.3, 0.4) is 0 Å². The molecule has 4 nitrogen and oxygen atoms in total. The van der Waals surface area contributed by atoms with Crippen LogP contribution in [0.5, 0.6) is 0 Å². The highest BCUT2D eigenvalue weighted by Gasteiger charge is 2.32. The molecule has 0 aromatic heterocycles. The molecule has 0 saturated carbocycles. The second kappa shape index (κ2) is 4.47. The van der Waals surface area contributed by atoms with E-state index in [-0.39, 0.29) is 25.0 Å². The van der Waals surface area contributed by atoms with Gasteiger partial charge in [0.1, 0.15) is 5.60 Å². The summed E-state index contributed by atoms with van der Waals surface area (Å²) < 4.78 is 0. The fraction of sp³-hybridized carbons (Fsp3) is 0.462. The Morgan fingerprint density at radius 1 is 1.53 bits per heavy atom. The summed E-state index contributed by atoms with van der Waals surface area (Å²) in [7, 11) is 0. The molecule has 2 atom stereocenters. The lowest BCUT2D eigenvalue weighted by Crippen LogP contribution is -2.46. The van der Waals surface area contributed by atoms with Gasteiger partial charge < -0.3 is 15.5 Å².